The number of hydrogen-bond donors (Lipinski definition) is 3. The second-order valence-electron chi connectivity index (χ2n) is 4.51. The standard InChI is InChI=1S/C13H12AsN3O3S/c1-8-6-11-12(15-7-16-13(11)21-8)17-10-4-2-9(3-5-10)14(18,19)20/h2-7H,1H3,(H,15,16,17)(H2,18,19,20). The van der Waals surface area contributed by atoms with Gasteiger partial charge in [-0.1, -0.05) is 0 Å². The van der Waals surface area contributed by atoms with E-state index in [1.807, 2.05) is 13.0 Å². The van der Waals surface area contributed by atoms with Crippen LogP contribution >= 0.6 is 11.3 Å². The van der Waals surface area contributed by atoms with Gasteiger partial charge in [0, 0.05) is 0 Å². The molecule has 3 rings (SSSR count). The summed E-state index contributed by atoms with van der Waals surface area (Å²) in [6.45, 7) is 2.01. The minimum absolute atomic E-state index is 0.0536. The van der Waals surface area contributed by atoms with Gasteiger partial charge in [0.05, 0.1) is 0 Å². The molecule has 0 fully saturated rings. The molecule has 0 spiro atoms. The molecular formula is C13H12AsN3O3S. The van der Waals surface area contributed by atoms with Crippen molar-refractivity contribution in [1.82, 2.24) is 9.97 Å². The average molecular weight is 365 g/mol. The maximum absolute atomic E-state index is 11.2. The topological polar surface area (TPSA) is 95.3 Å². The second kappa shape index (κ2) is 5.27. The van der Waals surface area contributed by atoms with Gasteiger partial charge in [0.25, 0.3) is 0 Å². The van der Waals surface area contributed by atoms with Crippen LogP contribution in [0.3, 0.4) is 0 Å². The van der Waals surface area contributed by atoms with Gasteiger partial charge in [-0.15, -0.1) is 0 Å². The van der Waals surface area contributed by atoms with Crippen LogP contribution in [0, 0.1) is 6.92 Å². The molecule has 8 heteroatoms. The van der Waals surface area contributed by atoms with Crippen molar-refractivity contribution in [3.8, 4) is 0 Å². The average Bonchev–Trinajstić information content (AvgIpc) is 2.80. The number of rotatable bonds is 3. The Bertz CT molecular complexity index is 841. The van der Waals surface area contributed by atoms with Crippen molar-refractivity contribution in [2.45, 2.75) is 6.92 Å². The van der Waals surface area contributed by atoms with E-state index in [4.69, 9.17) is 8.19 Å². The molecule has 1 aromatic carbocycles. The van der Waals surface area contributed by atoms with Crippen LogP contribution in [0.2, 0.25) is 0 Å². The summed E-state index contributed by atoms with van der Waals surface area (Å²) in [7, 11) is 0. The molecule has 0 aliphatic carbocycles. The summed E-state index contributed by atoms with van der Waals surface area (Å²) in [5.74, 6) is 0.679. The van der Waals surface area contributed by atoms with Gasteiger partial charge < -0.3 is 0 Å². The first-order chi connectivity index (χ1) is 9.93. The Kier molecular flexibility index (Phi) is 3.59. The van der Waals surface area contributed by atoms with Crippen LogP contribution in [0.25, 0.3) is 10.2 Å². The van der Waals surface area contributed by atoms with Gasteiger partial charge in [0.2, 0.25) is 0 Å². The van der Waals surface area contributed by atoms with Crippen molar-refractivity contribution in [2.24, 2.45) is 0 Å². The van der Waals surface area contributed by atoms with Crippen molar-refractivity contribution in [3.63, 3.8) is 0 Å². The molecule has 0 bridgehead atoms. The number of hydrogen-bond acceptors (Lipinski definition) is 5. The van der Waals surface area contributed by atoms with E-state index >= 15 is 0 Å². The summed E-state index contributed by atoms with van der Waals surface area (Å²) in [4.78, 5) is 10.5. The predicted octanol–water partition coefficient (Wildman–Crippen LogP) is 1.30. The molecule has 0 atom stereocenters. The first-order valence-corrected chi connectivity index (χ1v) is 10.3. The maximum atomic E-state index is 11.2. The van der Waals surface area contributed by atoms with Crippen molar-refractivity contribution in [1.29, 1.82) is 0 Å². The normalized spacial score (nSPS) is 11.8. The van der Waals surface area contributed by atoms with Crippen LogP contribution in [0.4, 0.5) is 11.5 Å². The Morgan fingerprint density at radius 3 is 2.57 bits per heavy atom. The van der Waals surface area contributed by atoms with Gasteiger partial charge in [-0.3, -0.25) is 0 Å². The molecule has 0 radical (unpaired) electrons. The number of anilines is 2. The summed E-state index contributed by atoms with van der Waals surface area (Å²) in [6.07, 6.45) is 1.49. The van der Waals surface area contributed by atoms with E-state index < -0.39 is 14.2 Å². The fraction of sp³-hybridized carbons (Fsp3) is 0.0769. The quantitative estimate of drug-likeness (QED) is 0.606. The SMILES string of the molecule is Cc1cc2c(Nc3ccc([As](=O)(O)O)cc3)ncnc2s1. The molecule has 2 aromatic heterocycles. The van der Waals surface area contributed by atoms with Gasteiger partial charge in [0.15, 0.2) is 0 Å². The summed E-state index contributed by atoms with van der Waals surface area (Å²) < 4.78 is 29.5. The zero-order valence-electron chi connectivity index (χ0n) is 11.0. The Morgan fingerprint density at radius 2 is 1.90 bits per heavy atom. The molecule has 0 amide bonds. The molecule has 3 N–H and O–H groups in total. The molecule has 0 aliphatic rings. The monoisotopic (exact) mass is 365 g/mol. The van der Waals surface area contributed by atoms with E-state index in [1.165, 1.54) is 18.5 Å². The molecule has 3 aromatic rings. The molecule has 2 heterocycles. The Balaban J connectivity index is 1.93. The number of fused-ring (bicyclic) bond motifs is 1. The number of aryl methyl sites for hydroxylation is 1. The van der Waals surface area contributed by atoms with Gasteiger partial charge in [-0.25, -0.2) is 0 Å². The number of nitrogens with one attached hydrogen (secondary N) is 1. The van der Waals surface area contributed by atoms with E-state index in [9.17, 15) is 3.74 Å². The molecule has 0 unspecified atom stereocenters. The predicted molar refractivity (Wildman–Crippen MR) is 82.4 cm³/mol. The zero-order chi connectivity index (χ0) is 15.0. The molecule has 0 aliphatic heterocycles. The van der Waals surface area contributed by atoms with Gasteiger partial charge >= 0.3 is 127 Å². The van der Waals surface area contributed by atoms with Crippen LogP contribution in [0.1, 0.15) is 4.88 Å². The molecule has 108 valence electrons. The fourth-order valence-electron chi connectivity index (χ4n) is 1.95. The minimum atomic E-state index is -4.83. The number of aromatic nitrogens is 2. The number of nitrogens with zero attached hydrogens (tertiary/aromatic N) is 2. The van der Waals surface area contributed by atoms with Crippen LogP contribution in [0.15, 0.2) is 36.7 Å². The summed E-state index contributed by atoms with van der Waals surface area (Å²) in [6, 6.07) is 8.13. The van der Waals surface area contributed by atoms with Gasteiger partial charge in [0.1, 0.15) is 0 Å². The third kappa shape index (κ3) is 3.01. The van der Waals surface area contributed by atoms with E-state index in [-0.39, 0.29) is 4.35 Å². The van der Waals surface area contributed by atoms with Crippen LogP contribution in [-0.4, -0.2) is 32.3 Å². The van der Waals surface area contributed by atoms with Crippen molar-refractivity contribution in [3.05, 3.63) is 41.5 Å². The van der Waals surface area contributed by atoms with E-state index in [1.54, 1.807) is 23.5 Å². The molecule has 0 saturated heterocycles. The van der Waals surface area contributed by atoms with Crippen molar-refractivity contribution in [2.75, 3.05) is 5.32 Å². The van der Waals surface area contributed by atoms with Crippen LogP contribution < -0.4 is 9.67 Å². The van der Waals surface area contributed by atoms with Crippen molar-refractivity contribution < 1.29 is 11.9 Å². The first-order valence-electron chi connectivity index (χ1n) is 6.08. The van der Waals surface area contributed by atoms with Crippen LogP contribution in [-0.2, 0) is 3.74 Å². The second-order valence-corrected chi connectivity index (χ2v) is 9.12. The molecule has 0 saturated carbocycles. The summed E-state index contributed by atoms with van der Waals surface area (Å²) >= 11 is -3.23. The Morgan fingerprint density at radius 1 is 1.19 bits per heavy atom. The van der Waals surface area contributed by atoms with Crippen molar-refractivity contribution >= 4 is 51.6 Å². The number of benzene rings is 1. The van der Waals surface area contributed by atoms with Gasteiger partial charge in [-0.05, 0) is 0 Å². The molecule has 21 heavy (non-hydrogen) atoms. The summed E-state index contributed by atoms with van der Waals surface area (Å²) in [5, 5.41) is 4.08. The van der Waals surface area contributed by atoms with Gasteiger partial charge in [-0.2, -0.15) is 0 Å². The molecular weight excluding hydrogens is 353 g/mol. The zero-order valence-corrected chi connectivity index (χ0v) is 13.7. The van der Waals surface area contributed by atoms with E-state index in [2.05, 4.69) is 15.3 Å². The first kappa shape index (κ1) is 14.3. The summed E-state index contributed by atoms with van der Waals surface area (Å²) in [5.41, 5.74) is 0.714. The fourth-order valence-corrected chi connectivity index (χ4v) is 3.93. The number of thiophene rings is 1. The third-order valence-corrected chi connectivity index (χ3v) is 5.91. The Hall–Kier alpha value is -1.66. The van der Waals surface area contributed by atoms with Crippen LogP contribution in [0.5, 0.6) is 0 Å². The molecule has 6 nitrogen and oxygen atoms in total. The van der Waals surface area contributed by atoms with E-state index in [0.29, 0.717) is 11.5 Å². The van der Waals surface area contributed by atoms with E-state index in [0.717, 1.165) is 15.1 Å². The third-order valence-electron chi connectivity index (χ3n) is 2.92. The Labute approximate surface area is 127 Å².